The van der Waals surface area contributed by atoms with Crippen LogP contribution in [0, 0.1) is 0 Å². The van der Waals surface area contributed by atoms with Crippen LogP contribution >= 0.6 is 11.8 Å². The van der Waals surface area contributed by atoms with Crippen molar-refractivity contribution >= 4 is 23.4 Å². The van der Waals surface area contributed by atoms with Crippen LogP contribution in [0.15, 0.2) is 66.1 Å². The third-order valence-corrected chi connectivity index (χ3v) is 4.51. The van der Waals surface area contributed by atoms with E-state index in [-0.39, 0.29) is 5.91 Å². The zero-order chi connectivity index (χ0) is 16.8. The van der Waals surface area contributed by atoms with Gasteiger partial charge in [0, 0.05) is 12.2 Å². The molecular formula is C18H18N4OS. The fourth-order valence-corrected chi connectivity index (χ4v) is 3.06. The first-order valence-corrected chi connectivity index (χ1v) is 8.71. The van der Waals surface area contributed by atoms with Gasteiger partial charge in [-0.2, -0.15) is 0 Å². The molecule has 1 aromatic heterocycles. The van der Waals surface area contributed by atoms with E-state index in [1.54, 1.807) is 6.33 Å². The van der Waals surface area contributed by atoms with E-state index in [0.29, 0.717) is 5.75 Å². The van der Waals surface area contributed by atoms with Crippen molar-refractivity contribution in [3.63, 3.8) is 0 Å². The molecule has 0 aliphatic rings. The van der Waals surface area contributed by atoms with Gasteiger partial charge in [-0.25, -0.2) is 0 Å². The van der Waals surface area contributed by atoms with E-state index in [1.165, 1.54) is 11.8 Å². The van der Waals surface area contributed by atoms with Crippen LogP contribution in [0.25, 0.3) is 11.1 Å². The minimum absolute atomic E-state index is 0.0573. The quantitative estimate of drug-likeness (QED) is 0.696. The number of aryl methyl sites for hydroxylation is 1. The number of hydrogen-bond acceptors (Lipinski definition) is 4. The Morgan fingerprint density at radius 3 is 2.50 bits per heavy atom. The molecule has 5 nitrogen and oxygen atoms in total. The summed E-state index contributed by atoms with van der Waals surface area (Å²) in [5.41, 5.74) is 3.07. The number of amides is 1. The number of aromatic nitrogens is 3. The van der Waals surface area contributed by atoms with E-state index in [9.17, 15) is 4.79 Å². The fraction of sp³-hybridized carbons (Fsp3) is 0.167. The van der Waals surface area contributed by atoms with Gasteiger partial charge in [-0.05, 0) is 30.2 Å². The van der Waals surface area contributed by atoms with Crippen molar-refractivity contribution in [3.05, 3.63) is 60.9 Å². The average Bonchev–Trinajstić information content (AvgIpc) is 3.09. The van der Waals surface area contributed by atoms with Crippen LogP contribution in [0.1, 0.15) is 6.92 Å². The maximum Gasteiger partial charge on any atom is 0.234 e. The first-order valence-electron chi connectivity index (χ1n) is 7.72. The van der Waals surface area contributed by atoms with Crippen molar-refractivity contribution in [1.82, 2.24) is 14.8 Å². The van der Waals surface area contributed by atoms with Gasteiger partial charge in [0.2, 0.25) is 5.91 Å². The number of anilines is 1. The minimum atomic E-state index is -0.0573. The number of benzene rings is 2. The Hall–Kier alpha value is -2.60. The molecule has 0 fully saturated rings. The Kier molecular flexibility index (Phi) is 5.28. The van der Waals surface area contributed by atoms with Crippen molar-refractivity contribution in [2.45, 2.75) is 18.6 Å². The second-order valence-corrected chi connectivity index (χ2v) is 6.12. The van der Waals surface area contributed by atoms with Crippen LogP contribution in [0.3, 0.4) is 0 Å². The molecule has 0 spiro atoms. The molecular weight excluding hydrogens is 320 g/mol. The lowest BCUT2D eigenvalue weighted by Crippen LogP contribution is -2.14. The molecule has 0 saturated carbocycles. The lowest BCUT2D eigenvalue weighted by molar-refractivity contribution is -0.113. The van der Waals surface area contributed by atoms with E-state index in [4.69, 9.17) is 0 Å². The van der Waals surface area contributed by atoms with E-state index in [2.05, 4.69) is 27.6 Å². The highest BCUT2D eigenvalue weighted by Gasteiger charge is 2.08. The molecule has 122 valence electrons. The zero-order valence-corrected chi connectivity index (χ0v) is 14.2. The highest BCUT2D eigenvalue weighted by atomic mass is 32.2. The third-order valence-electron chi connectivity index (χ3n) is 3.53. The number of carbonyl (C=O) groups excluding carboxylic acids is 1. The van der Waals surface area contributed by atoms with Crippen LogP contribution < -0.4 is 5.32 Å². The van der Waals surface area contributed by atoms with Gasteiger partial charge >= 0.3 is 0 Å². The summed E-state index contributed by atoms with van der Waals surface area (Å²) in [6.45, 7) is 2.81. The lowest BCUT2D eigenvalue weighted by atomic mass is 10.1. The van der Waals surface area contributed by atoms with Crippen molar-refractivity contribution in [1.29, 1.82) is 0 Å². The molecule has 1 heterocycles. The smallest absolute Gasteiger partial charge is 0.234 e. The molecule has 0 radical (unpaired) electrons. The average molecular weight is 338 g/mol. The van der Waals surface area contributed by atoms with E-state index < -0.39 is 0 Å². The number of hydrogen-bond donors (Lipinski definition) is 1. The van der Waals surface area contributed by atoms with Gasteiger partial charge in [0.1, 0.15) is 6.33 Å². The number of nitrogens with zero attached hydrogens (tertiary/aromatic N) is 3. The number of carbonyl (C=O) groups is 1. The van der Waals surface area contributed by atoms with Crippen LogP contribution in [0.2, 0.25) is 0 Å². The Balaban J connectivity index is 1.57. The molecule has 0 aliphatic heterocycles. The van der Waals surface area contributed by atoms with Crippen LogP contribution in [-0.2, 0) is 11.3 Å². The van der Waals surface area contributed by atoms with Gasteiger partial charge in [-0.1, -0.05) is 54.2 Å². The van der Waals surface area contributed by atoms with Gasteiger partial charge in [-0.15, -0.1) is 10.2 Å². The normalized spacial score (nSPS) is 10.5. The molecule has 2 aromatic carbocycles. The molecule has 3 rings (SSSR count). The van der Waals surface area contributed by atoms with Crippen LogP contribution in [0.5, 0.6) is 0 Å². The van der Waals surface area contributed by atoms with Gasteiger partial charge in [0.15, 0.2) is 5.16 Å². The van der Waals surface area contributed by atoms with Crippen molar-refractivity contribution < 1.29 is 4.79 Å². The molecule has 1 N–H and O–H groups in total. The number of nitrogens with one attached hydrogen (secondary N) is 1. The molecule has 0 atom stereocenters. The molecule has 0 bridgehead atoms. The van der Waals surface area contributed by atoms with Gasteiger partial charge < -0.3 is 9.88 Å². The van der Waals surface area contributed by atoms with Crippen LogP contribution in [-0.4, -0.2) is 26.4 Å². The summed E-state index contributed by atoms with van der Waals surface area (Å²) in [6, 6.07) is 18.0. The third kappa shape index (κ3) is 4.02. The summed E-state index contributed by atoms with van der Waals surface area (Å²) in [4.78, 5) is 12.1. The maximum absolute atomic E-state index is 12.1. The Bertz CT molecular complexity index is 799. The van der Waals surface area contributed by atoms with E-state index in [0.717, 1.165) is 28.5 Å². The first kappa shape index (κ1) is 16.3. The molecule has 0 unspecified atom stereocenters. The first-order chi connectivity index (χ1) is 11.8. The molecule has 1 amide bonds. The number of rotatable bonds is 6. The second-order valence-electron chi connectivity index (χ2n) is 5.18. The summed E-state index contributed by atoms with van der Waals surface area (Å²) in [5.74, 6) is 0.247. The predicted octanol–water partition coefficient (Wildman–Crippen LogP) is 3.70. The summed E-state index contributed by atoms with van der Waals surface area (Å²) in [6.07, 6.45) is 1.67. The van der Waals surface area contributed by atoms with E-state index >= 15 is 0 Å². The maximum atomic E-state index is 12.1. The van der Waals surface area contributed by atoms with Crippen molar-refractivity contribution in [2.24, 2.45) is 0 Å². The summed E-state index contributed by atoms with van der Waals surface area (Å²) in [5, 5.41) is 11.5. The Morgan fingerprint density at radius 1 is 1.08 bits per heavy atom. The fourth-order valence-electron chi connectivity index (χ4n) is 2.28. The van der Waals surface area contributed by atoms with E-state index in [1.807, 2.05) is 54.0 Å². The van der Waals surface area contributed by atoms with Crippen molar-refractivity contribution in [3.8, 4) is 11.1 Å². The van der Waals surface area contributed by atoms with Gasteiger partial charge in [0.25, 0.3) is 0 Å². The van der Waals surface area contributed by atoms with Crippen molar-refractivity contribution in [2.75, 3.05) is 11.1 Å². The molecule has 3 aromatic rings. The Morgan fingerprint density at radius 2 is 1.79 bits per heavy atom. The van der Waals surface area contributed by atoms with Crippen LogP contribution in [0.4, 0.5) is 5.69 Å². The standard InChI is InChI=1S/C18H18N4OS/c1-2-22-13-19-21-18(22)24-12-17(23)20-16-10-8-15(9-11-16)14-6-4-3-5-7-14/h3-11,13H,2,12H2,1H3,(H,20,23). The van der Waals surface area contributed by atoms with Gasteiger partial charge in [0.05, 0.1) is 5.75 Å². The summed E-state index contributed by atoms with van der Waals surface area (Å²) >= 11 is 1.38. The highest BCUT2D eigenvalue weighted by Crippen LogP contribution is 2.21. The Labute approximate surface area is 145 Å². The SMILES string of the molecule is CCn1cnnc1SCC(=O)Nc1ccc(-c2ccccc2)cc1. The monoisotopic (exact) mass is 338 g/mol. The predicted molar refractivity (Wildman–Crippen MR) is 96.9 cm³/mol. The molecule has 0 aliphatic carbocycles. The van der Waals surface area contributed by atoms with Gasteiger partial charge in [-0.3, -0.25) is 4.79 Å². The topological polar surface area (TPSA) is 59.8 Å². The summed E-state index contributed by atoms with van der Waals surface area (Å²) < 4.78 is 1.91. The second kappa shape index (κ2) is 7.79. The molecule has 6 heteroatoms. The largest absolute Gasteiger partial charge is 0.325 e. The minimum Gasteiger partial charge on any atom is -0.325 e. The molecule has 0 saturated heterocycles. The summed E-state index contributed by atoms with van der Waals surface area (Å²) in [7, 11) is 0. The zero-order valence-electron chi connectivity index (χ0n) is 13.3. The highest BCUT2D eigenvalue weighted by molar-refractivity contribution is 7.99. The molecule has 24 heavy (non-hydrogen) atoms. The number of thioether (sulfide) groups is 1. The lowest BCUT2D eigenvalue weighted by Gasteiger charge is -2.07.